The Bertz CT molecular complexity index is 989. The zero-order valence-corrected chi connectivity index (χ0v) is 21.8. The van der Waals surface area contributed by atoms with Gasteiger partial charge in [0.05, 0.1) is 11.1 Å². The number of hydrogen-bond acceptors (Lipinski definition) is 6. The number of aromatic nitrogens is 2. The van der Waals surface area contributed by atoms with Crippen LogP contribution in [0.5, 0.6) is 0 Å². The highest BCUT2D eigenvalue weighted by molar-refractivity contribution is 8.03. The second-order valence-electron chi connectivity index (χ2n) is 8.35. The number of carbonyl (C=O) groups is 1. The molecule has 0 bridgehead atoms. The minimum Gasteiger partial charge on any atom is -0.372 e. The lowest BCUT2D eigenvalue weighted by atomic mass is 9.96. The second kappa shape index (κ2) is 11.2. The molecule has 1 unspecified atom stereocenters. The third-order valence-corrected chi connectivity index (χ3v) is 7.09. The lowest BCUT2D eigenvalue weighted by Crippen LogP contribution is -2.21. The van der Waals surface area contributed by atoms with Gasteiger partial charge in [-0.1, -0.05) is 53.2 Å². The van der Waals surface area contributed by atoms with Gasteiger partial charge in [0.1, 0.15) is 0 Å². The summed E-state index contributed by atoms with van der Waals surface area (Å²) in [5.41, 5.74) is 5.59. The highest BCUT2D eigenvalue weighted by atomic mass is 32.2. The maximum atomic E-state index is 12.6. The highest BCUT2D eigenvalue weighted by Crippen LogP contribution is 2.57. The third-order valence-electron chi connectivity index (χ3n) is 6.19. The Morgan fingerprint density at radius 2 is 1.91 bits per heavy atom. The molecule has 1 aromatic carbocycles. The molecule has 1 atom stereocenters. The number of unbranched alkanes of at least 4 members (excludes halogenated alkanes) is 1. The molecule has 3 heterocycles. The molecule has 5 nitrogen and oxygen atoms in total. The first-order chi connectivity index (χ1) is 16.1. The van der Waals surface area contributed by atoms with Crippen LogP contribution in [0.2, 0.25) is 0 Å². The molecule has 0 saturated heterocycles. The van der Waals surface area contributed by atoms with Gasteiger partial charge in [0.2, 0.25) is 5.95 Å². The van der Waals surface area contributed by atoms with E-state index in [0.29, 0.717) is 11.8 Å². The number of ketones is 1. The molecule has 2 aromatic rings. The molecule has 1 spiro atoms. The van der Waals surface area contributed by atoms with E-state index in [9.17, 15) is 4.79 Å². The van der Waals surface area contributed by atoms with Crippen molar-refractivity contribution in [1.29, 1.82) is 0 Å². The van der Waals surface area contributed by atoms with Crippen LogP contribution in [-0.2, 0) is 5.41 Å². The van der Waals surface area contributed by atoms with Crippen LogP contribution in [0.1, 0.15) is 96.6 Å². The van der Waals surface area contributed by atoms with Gasteiger partial charge in [0.25, 0.3) is 0 Å². The van der Waals surface area contributed by atoms with Crippen molar-refractivity contribution in [3.05, 3.63) is 52.7 Å². The van der Waals surface area contributed by atoms with E-state index in [0.717, 1.165) is 47.8 Å². The number of carbonyl (C=O) groups excluding carboxylic acids is 1. The lowest BCUT2D eigenvalue weighted by Gasteiger charge is -2.18. The molecule has 1 aliphatic carbocycles. The number of rotatable bonds is 6. The predicted octanol–water partition coefficient (Wildman–Crippen LogP) is 7.31. The second-order valence-corrected chi connectivity index (χ2v) is 9.57. The summed E-state index contributed by atoms with van der Waals surface area (Å²) in [6.45, 7) is 13.2. The summed E-state index contributed by atoms with van der Waals surface area (Å²) >= 11 is 1.77. The van der Waals surface area contributed by atoms with Gasteiger partial charge in [-0.3, -0.25) is 4.79 Å². The molecule has 5 rings (SSSR count). The molecule has 1 fully saturated rings. The Morgan fingerprint density at radius 3 is 2.48 bits per heavy atom. The summed E-state index contributed by atoms with van der Waals surface area (Å²) in [5, 5.41) is 5.94. The van der Waals surface area contributed by atoms with Gasteiger partial charge in [-0.2, -0.15) is 0 Å². The molecule has 1 saturated carbocycles. The largest absolute Gasteiger partial charge is 0.372 e. The van der Waals surface area contributed by atoms with Crippen LogP contribution in [-0.4, -0.2) is 27.7 Å². The molecule has 33 heavy (non-hydrogen) atoms. The summed E-state index contributed by atoms with van der Waals surface area (Å²) in [4.78, 5) is 24.2. The number of anilines is 2. The maximum Gasteiger partial charge on any atom is 0.229 e. The van der Waals surface area contributed by atoms with Crippen LogP contribution < -0.4 is 10.2 Å². The van der Waals surface area contributed by atoms with Gasteiger partial charge in [-0.25, -0.2) is 9.97 Å². The van der Waals surface area contributed by atoms with Gasteiger partial charge in [-0.05, 0) is 43.2 Å². The van der Waals surface area contributed by atoms with Crippen molar-refractivity contribution in [1.82, 2.24) is 15.3 Å². The fourth-order valence-electron chi connectivity index (χ4n) is 4.30. The normalized spacial score (nSPS) is 18.9. The topological polar surface area (TPSA) is 58.1 Å². The summed E-state index contributed by atoms with van der Waals surface area (Å²) in [6, 6.07) is 6.25. The molecule has 180 valence electrons. The number of benzene rings is 1. The van der Waals surface area contributed by atoms with E-state index in [-0.39, 0.29) is 12.6 Å². The number of fused-ring (bicyclic) bond motifs is 2. The number of hydrogen-bond donors (Lipinski definition) is 1. The Morgan fingerprint density at radius 1 is 1.21 bits per heavy atom. The zero-order chi connectivity index (χ0) is 24.0. The third kappa shape index (κ3) is 5.26. The molecule has 0 amide bonds. The number of Topliss-reactive ketones (excluding diaryl/α,β-unsaturated/α-hetero) is 1. The standard InChI is InChI=1S/C23H26N4OS.2C2H6.H2/c1-3-4-5-21(28)16-6-7-18-20(10-16)27(14-23(18)8-9-23)22-24-11-17(12-25-22)19-13-29-15(2)26-19;2*1-2;/h6-7,10-13,15,26H,3-5,8-9,14H2,1-2H3;2*1-2H3;1H. The first-order valence-electron chi connectivity index (χ1n) is 12.5. The van der Waals surface area contributed by atoms with E-state index in [4.69, 9.17) is 0 Å². The van der Waals surface area contributed by atoms with Gasteiger partial charge in [-0.15, -0.1) is 11.8 Å². The van der Waals surface area contributed by atoms with Crippen LogP contribution >= 0.6 is 11.8 Å². The lowest BCUT2D eigenvalue weighted by molar-refractivity contribution is 0.0980. The molecule has 6 heteroatoms. The summed E-state index contributed by atoms with van der Waals surface area (Å²) in [5.74, 6) is 0.949. The van der Waals surface area contributed by atoms with Crippen molar-refractivity contribution < 1.29 is 6.22 Å². The number of nitrogens with one attached hydrogen (secondary N) is 1. The molecule has 3 aliphatic rings. The van der Waals surface area contributed by atoms with E-state index in [1.807, 2.05) is 46.2 Å². The molecule has 1 N–H and O–H groups in total. The van der Waals surface area contributed by atoms with E-state index in [1.54, 1.807) is 11.8 Å². The minimum atomic E-state index is 0. The van der Waals surface area contributed by atoms with Crippen molar-refractivity contribution in [3.63, 3.8) is 0 Å². The van der Waals surface area contributed by atoms with Crippen LogP contribution in [0, 0.1) is 0 Å². The van der Waals surface area contributed by atoms with Crippen LogP contribution in [0.15, 0.2) is 36.0 Å². The van der Waals surface area contributed by atoms with Crippen LogP contribution in [0.3, 0.4) is 0 Å². The van der Waals surface area contributed by atoms with Crippen LogP contribution in [0.4, 0.5) is 11.6 Å². The van der Waals surface area contributed by atoms with E-state index in [1.165, 1.54) is 18.4 Å². The van der Waals surface area contributed by atoms with Crippen LogP contribution in [0.25, 0.3) is 5.70 Å². The summed E-state index contributed by atoms with van der Waals surface area (Å²) in [7, 11) is 0. The van der Waals surface area contributed by atoms with Gasteiger partial charge >= 0.3 is 0 Å². The number of thioether (sulfide) groups is 1. The Balaban J connectivity index is 0.000000777. The van der Waals surface area contributed by atoms with Crippen molar-refractivity contribution in [2.75, 3.05) is 11.4 Å². The smallest absolute Gasteiger partial charge is 0.229 e. The number of nitrogens with zero attached hydrogens (tertiary/aromatic N) is 3. The Labute approximate surface area is 205 Å². The minimum absolute atomic E-state index is 0. The first-order valence-corrected chi connectivity index (χ1v) is 13.4. The monoisotopic (exact) mass is 468 g/mol. The van der Waals surface area contributed by atoms with Crippen molar-refractivity contribution in [3.8, 4) is 0 Å². The van der Waals surface area contributed by atoms with Gasteiger partial charge in [0, 0.05) is 49.0 Å². The average Bonchev–Trinajstić information content (AvgIpc) is 3.41. The molecule has 2 aliphatic heterocycles. The van der Waals surface area contributed by atoms with Gasteiger partial charge < -0.3 is 10.2 Å². The van der Waals surface area contributed by atoms with Crippen molar-refractivity contribution in [2.45, 2.75) is 84.4 Å². The molecular weight excluding hydrogens is 428 g/mol. The zero-order valence-electron chi connectivity index (χ0n) is 20.9. The average molecular weight is 469 g/mol. The van der Waals surface area contributed by atoms with Crippen molar-refractivity contribution in [2.24, 2.45) is 0 Å². The fraction of sp³-hybridized carbons (Fsp3) is 0.519. The highest BCUT2D eigenvalue weighted by Gasteiger charge is 2.52. The fourth-order valence-corrected chi connectivity index (χ4v) is 5.04. The summed E-state index contributed by atoms with van der Waals surface area (Å²) in [6.07, 6.45) is 8.78. The molecular formula is C27H40N4OS. The van der Waals surface area contributed by atoms with E-state index >= 15 is 0 Å². The Kier molecular flexibility index (Phi) is 8.57. The van der Waals surface area contributed by atoms with E-state index in [2.05, 4.69) is 51.6 Å². The maximum absolute atomic E-state index is 12.6. The van der Waals surface area contributed by atoms with Crippen molar-refractivity contribution >= 4 is 34.9 Å². The van der Waals surface area contributed by atoms with E-state index < -0.39 is 0 Å². The quantitative estimate of drug-likeness (QED) is 0.448. The van der Waals surface area contributed by atoms with Gasteiger partial charge in [0.15, 0.2) is 5.78 Å². The predicted molar refractivity (Wildman–Crippen MR) is 143 cm³/mol. The Hall–Kier alpha value is -2.34. The SMILES string of the molecule is CC.CC.CCCCC(=O)c1ccc2c(c1)N(c1ncc(C3=CSC(C)N3)cn1)CC21CC1.[HH]. The molecule has 0 radical (unpaired) electrons. The summed E-state index contributed by atoms with van der Waals surface area (Å²) < 4.78 is 0. The first kappa shape index (κ1) is 25.3. The molecule has 1 aromatic heterocycles.